The van der Waals surface area contributed by atoms with E-state index in [1.807, 2.05) is 0 Å². The highest BCUT2D eigenvalue weighted by molar-refractivity contribution is 7.16. The number of carbonyl (C=O) groups excluding carboxylic acids is 1. The molecule has 3 N–H and O–H groups in total. The van der Waals surface area contributed by atoms with Crippen LogP contribution >= 0.6 is 11.3 Å². The lowest BCUT2D eigenvalue weighted by Crippen LogP contribution is -2.39. The summed E-state index contributed by atoms with van der Waals surface area (Å²) in [5.74, 6) is -0.289. The summed E-state index contributed by atoms with van der Waals surface area (Å²) in [5.41, 5.74) is 5.38. The molecular weight excluding hydrogens is 232 g/mol. The number of ether oxygens (including phenoxy) is 2. The minimum absolute atomic E-state index is 0.0945. The molecule has 0 aromatic carbocycles. The number of carbonyl (C=O) groups is 1. The molecule has 0 spiro atoms. The number of anilines is 1. The van der Waals surface area contributed by atoms with E-state index >= 15 is 0 Å². The van der Waals surface area contributed by atoms with Crippen LogP contribution in [0.3, 0.4) is 0 Å². The Hall–Kier alpha value is -1.25. The van der Waals surface area contributed by atoms with Crippen molar-refractivity contribution in [2.45, 2.75) is 6.10 Å². The zero-order valence-electron chi connectivity index (χ0n) is 8.51. The van der Waals surface area contributed by atoms with Gasteiger partial charge in [0.1, 0.15) is 0 Å². The average molecular weight is 244 g/mol. The van der Waals surface area contributed by atoms with Crippen LogP contribution in [0.4, 0.5) is 5.13 Å². The van der Waals surface area contributed by atoms with Gasteiger partial charge in [0.2, 0.25) is 10.1 Å². The molecule has 16 heavy (non-hydrogen) atoms. The number of rotatable bonds is 3. The van der Waals surface area contributed by atoms with Gasteiger partial charge in [-0.1, -0.05) is 11.3 Å². The maximum atomic E-state index is 11.5. The number of amides is 1. The smallest absolute Gasteiger partial charge is 0.282 e. The van der Waals surface area contributed by atoms with Crippen molar-refractivity contribution in [2.24, 2.45) is 0 Å². The molecule has 1 aliphatic rings. The molecular formula is C8H12N4O3S. The van der Waals surface area contributed by atoms with Crippen LogP contribution in [0.15, 0.2) is 0 Å². The van der Waals surface area contributed by atoms with E-state index in [9.17, 15) is 4.79 Å². The van der Waals surface area contributed by atoms with Gasteiger partial charge in [0.15, 0.2) is 0 Å². The molecule has 0 saturated carbocycles. The molecule has 2 heterocycles. The molecule has 7 nitrogen and oxygen atoms in total. The predicted octanol–water partition coefficient (Wildman–Crippen LogP) is -0.735. The van der Waals surface area contributed by atoms with Crippen LogP contribution in [0, 0.1) is 0 Å². The lowest BCUT2D eigenvalue weighted by Gasteiger charge is -2.22. The van der Waals surface area contributed by atoms with Crippen LogP contribution in [-0.4, -0.2) is 48.6 Å². The molecule has 0 bridgehead atoms. The van der Waals surface area contributed by atoms with Gasteiger partial charge in [-0.25, -0.2) is 0 Å². The number of nitrogens with two attached hydrogens (primary N) is 1. The Balaban J connectivity index is 1.79. The number of nitrogens with one attached hydrogen (secondary N) is 1. The highest BCUT2D eigenvalue weighted by Crippen LogP contribution is 2.10. The third kappa shape index (κ3) is 2.87. The van der Waals surface area contributed by atoms with Crippen LogP contribution < -0.4 is 11.1 Å². The summed E-state index contributed by atoms with van der Waals surface area (Å²) < 4.78 is 10.6. The first-order valence-electron chi connectivity index (χ1n) is 4.82. The van der Waals surface area contributed by atoms with Gasteiger partial charge in [0.25, 0.3) is 5.91 Å². The van der Waals surface area contributed by atoms with E-state index in [4.69, 9.17) is 15.2 Å². The third-order valence-electron chi connectivity index (χ3n) is 2.01. The fraction of sp³-hybridized carbons (Fsp3) is 0.625. The first-order valence-corrected chi connectivity index (χ1v) is 5.64. The van der Waals surface area contributed by atoms with Crippen molar-refractivity contribution in [3.05, 3.63) is 5.01 Å². The second-order valence-corrected chi connectivity index (χ2v) is 4.23. The molecule has 8 heteroatoms. The highest BCUT2D eigenvalue weighted by Gasteiger charge is 2.17. The number of hydrogen-bond acceptors (Lipinski definition) is 7. The molecule has 0 aliphatic carbocycles. The Morgan fingerprint density at radius 1 is 1.56 bits per heavy atom. The first kappa shape index (κ1) is 11.2. The second-order valence-electron chi connectivity index (χ2n) is 3.22. The summed E-state index contributed by atoms with van der Waals surface area (Å²) in [6.45, 7) is 2.07. The number of aromatic nitrogens is 2. The lowest BCUT2D eigenvalue weighted by molar-refractivity contribution is -0.0855. The minimum atomic E-state index is -0.289. The maximum absolute atomic E-state index is 11.5. The zero-order valence-corrected chi connectivity index (χ0v) is 9.33. The maximum Gasteiger partial charge on any atom is 0.282 e. The Labute approximate surface area is 95.9 Å². The predicted molar refractivity (Wildman–Crippen MR) is 57.2 cm³/mol. The summed E-state index contributed by atoms with van der Waals surface area (Å²) in [6, 6.07) is 0. The van der Waals surface area contributed by atoms with Gasteiger partial charge in [-0.3, -0.25) is 4.79 Å². The van der Waals surface area contributed by atoms with Crippen LogP contribution in [-0.2, 0) is 9.47 Å². The monoisotopic (exact) mass is 244 g/mol. The lowest BCUT2D eigenvalue weighted by atomic mass is 10.3. The van der Waals surface area contributed by atoms with Crippen molar-refractivity contribution in [2.75, 3.05) is 32.1 Å². The SMILES string of the molecule is Nc1nnc(C(=O)NCC2COCCO2)s1. The van der Waals surface area contributed by atoms with Crippen LogP contribution in [0.1, 0.15) is 9.80 Å². The Morgan fingerprint density at radius 2 is 2.44 bits per heavy atom. The summed E-state index contributed by atoms with van der Waals surface area (Å²) in [4.78, 5) is 11.5. The van der Waals surface area contributed by atoms with Crippen LogP contribution in [0.2, 0.25) is 0 Å². The fourth-order valence-electron chi connectivity index (χ4n) is 1.26. The average Bonchev–Trinajstić information content (AvgIpc) is 2.74. The Morgan fingerprint density at radius 3 is 3.06 bits per heavy atom. The van der Waals surface area contributed by atoms with Gasteiger partial charge in [-0.15, -0.1) is 10.2 Å². The van der Waals surface area contributed by atoms with E-state index in [1.54, 1.807) is 0 Å². The van der Waals surface area contributed by atoms with Crippen molar-refractivity contribution in [1.29, 1.82) is 0 Å². The van der Waals surface area contributed by atoms with Crippen LogP contribution in [0.25, 0.3) is 0 Å². The summed E-state index contributed by atoms with van der Waals surface area (Å²) in [6.07, 6.45) is -0.0945. The van der Waals surface area contributed by atoms with E-state index in [-0.39, 0.29) is 22.2 Å². The van der Waals surface area contributed by atoms with E-state index in [0.29, 0.717) is 26.4 Å². The zero-order chi connectivity index (χ0) is 11.4. The first-order chi connectivity index (χ1) is 7.75. The van der Waals surface area contributed by atoms with Gasteiger partial charge in [-0.2, -0.15) is 0 Å². The standard InChI is InChI=1S/C8H12N4O3S/c9-8-12-11-7(16-8)6(13)10-3-5-4-14-1-2-15-5/h5H,1-4H2,(H2,9,12)(H,10,13). The molecule has 88 valence electrons. The summed E-state index contributed by atoms with van der Waals surface area (Å²) in [7, 11) is 0. The van der Waals surface area contributed by atoms with Gasteiger partial charge >= 0.3 is 0 Å². The molecule has 1 atom stereocenters. The van der Waals surface area contributed by atoms with Crippen LogP contribution in [0.5, 0.6) is 0 Å². The van der Waals surface area contributed by atoms with E-state index < -0.39 is 0 Å². The van der Waals surface area contributed by atoms with Crippen molar-refractivity contribution >= 4 is 22.4 Å². The second kappa shape index (κ2) is 5.19. The van der Waals surface area contributed by atoms with Gasteiger partial charge in [0, 0.05) is 6.54 Å². The summed E-state index contributed by atoms with van der Waals surface area (Å²) in [5, 5.41) is 10.4. The fourth-order valence-corrected chi connectivity index (χ4v) is 1.79. The van der Waals surface area contributed by atoms with Crippen molar-refractivity contribution < 1.29 is 14.3 Å². The number of nitrogens with zero attached hydrogens (tertiary/aromatic N) is 2. The topological polar surface area (TPSA) is 99.4 Å². The number of hydrogen-bond donors (Lipinski definition) is 2. The largest absolute Gasteiger partial charge is 0.376 e. The molecule has 1 unspecified atom stereocenters. The molecule has 1 saturated heterocycles. The van der Waals surface area contributed by atoms with E-state index in [2.05, 4.69) is 15.5 Å². The molecule has 1 aromatic rings. The number of nitrogen functional groups attached to an aromatic ring is 1. The van der Waals surface area contributed by atoms with Crippen molar-refractivity contribution in [1.82, 2.24) is 15.5 Å². The summed E-state index contributed by atoms with van der Waals surface area (Å²) >= 11 is 1.05. The Kier molecular flexibility index (Phi) is 3.65. The molecule has 2 rings (SSSR count). The molecule has 1 aromatic heterocycles. The van der Waals surface area contributed by atoms with Crippen molar-refractivity contribution in [3.63, 3.8) is 0 Å². The third-order valence-corrected chi connectivity index (χ3v) is 2.76. The highest BCUT2D eigenvalue weighted by atomic mass is 32.1. The van der Waals surface area contributed by atoms with Gasteiger partial charge in [0.05, 0.1) is 25.9 Å². The Bertz CT molecular complexity index is 364. The van der Waals surface area contributed by atoms with E-state index in [0.717, 1.165) is 11.3 Å². The van der Waals surface area contributed by atoms with Gasteiger partial charge in [-0.05, 0) is 0 Å². The van der Waals surface area contributed by atoms with Gasteiger partial charge < -0.3 is 20.5 Å². The molecule has 1 aliphatic heterocycles. The quantitative estimate of drug-likeness (QED) is 0.727. The minimum Gasteiger partial charge on any atom is -0.376 e. The van der Waals surface area contributed by atoms with E-state index in [1.165, 1.54) is 0 Å². The molecule has 1 amide bonds. The van der Waals surface area contributed by atoms with Crippen molar-refractivity contribution in [3.8, 4) is 0 Å². The normalized spacial score (nSPS) is 20.6. The molecule has 0 radical (unpaired) electrons. The molecule has 1 fully saturated rings.